The second kappa shape index (κ2) is 10.1. The number of halogens is 2. The third-order valence-electron chi connectivity index (χ3n) is 9.02. The van der Waals surface area contributed by atoms with E-state index in [9.17, 15) is 9.90 Å². The first-order valence-electron chi connectivity index (χ1n) is 13.9. The van der Waals surface area contributed by atoms with E-state index >= 15 is 0 Å². The molecule has 1 aromatic carbocycles. The number of carboxylic acid groups (broad SMARTS) is 1. The summed E-state index contributed by atoms with van der Waals surface area (Å²) in [4.78, 5) is 20.2. The molecular formula is C32H27Cl2N3O4. The molecule has 7 nitrogen and oxygen atoms in total. The predicted octanol–water partition coefficient (Wildman–Crippen LogP) is 7.83. The molecule has 8 rings (SSSR count). The van der Waals surface area contributed by atoms with Gasteiger partial charge in [0.15, 0.2) is 0 Å². The maximum Gasteiger partial charge on any atom is 0.336 e. The number of fused-ring (bicyclic) bond motifs is 4. The Morgan fingerprint density at radius 2 is 1.80 bits per heavy atom. The van der Waals surface area contributed by atoms with Crippen LogP contribution in [-0.4, -0.2) is 31.8 Å². The van der Waals surface area contributed by atoms with Crippen LogP contribution in [0.3, 0.4) is 0 Å². The first kappa shape index (κ1) is 26.5. The van der Waals surface area contributed by atoms with Crippen molar-refractivity contribution in [3.8, 4) is 23.1 Å². The predicted molar refractivity (Wildman–Crippen MR) is 155 cm³/mol. The van der Waals surface area contributed by atoms with Crippen LogP contribution in [0.5, 0.6) is 0 Å². The van der Waals surface area contributed by atoms with E-state index in [1.54, 1.807) is 42.9 Å². The van der Waals surface area contributed by atoms with Crippen LogP contribution in [-0.2, 0) is 11.3 Å². The molecule has 208 valence electrons. The highest BCUT2D eigenvalue weighted by atomic mass is 35.5. The highest BCUT2D eigenvalue weighted by molar-refractivity contribution is 6.38. The Hall–Kier alpha value is -3.44. The molecule has 1 N–H and O–H groups in total. The van der Waals surface area contributed by atoms with E-state index in [0.29, 0.717) is 44.7 Å². The molecule has 0 saturated heterocycles. The van der Waals surface area contributed by atoms with E-state index in [2.05, 4.69) is 27.0 Å². The number of benzene rings is 1. The fraction of sp³-hybridized carbons (Fsp3) is 0.375. The average molecular weight is 588 g/mol. The van der Waals surface area contributed by atoms with Crippen LogP contribution in [0.25, 0.3) is 22.2 Å². The van der Waals surface area contributed by atoms with Gasteiger partial charge in [-0.25, -0.2) is 4.79 Å². The molecule has 0 aliphatic heterocycles. The lowest BCUT2D eigenvalue weighted by Crippen LogP contribution is -2.47. The minimum absolute atomic E-state index is 0.0721. The zero-order valence-corrected chi connectivity index (χ0v) is 23.8. The van der Waals surface area contributed by atoms with Gasteiger partial charge in [-0.1, -0.05) is 46.3 Å². The standard InChI is InChI=1S/C32H27Cl2N3O4/c33-24-16-35-17-25(34)26(24)28-23(29(41-37-28)20-3-4-20)18-40-32-12-9-31(10-13-32,11-14-32)8-7-19-5-6-22(30(38)39)21-2-1-15-36-27(19)21/h1-2,5-6,15-17,20H,3-4,9-14,18H2,(H,38,39). The van der Waals surface area contributed by atoms with Crippen LogP contribution in [0, 0.1) is 17.3 Å². The Bertz CT molecular complexity index is 1710. The van der Waals surface area contributed by atoms with Gasteiger partial charge in [-0.3, -0.25) is 9.97 Å². The van der Waals surface area contributed by atoms with Crippen molar-refractivity contribution in [2.75, 3.05) is 0 Å². The number of rotatable bonds is 6. The minimum atomic E-state index is -0.966. The van der Waals surface area contributed by atoms with Crippen LogP contribution in [0.15, 0.2) is 47.4 Å². The highest BCUT2D eigenvalue weighted by Crippen LogP contribution is 2.54. The molecule has 4 saturated carbocycles. The number of aromatic carboxylic acids is 1. The summed E-state index contributed by atoms with van der Waals surface area (Å²) in [5.41, 5.74) is 3.56. The summed E-state index contributed by atoms with van der Waals surface area (Å²) in [6, 6.07) is 6.93. The van der Waals surface area contributed by atoms with Gasteiger partial charge in [-0.05, 0) is 69.6 Å². The fourth-order valence-electron chi connectivity index (χ4n) is 6.40. The third-order valence-corrected chi connectivity index (χ3v) is 9.59. The number of carboxylic acids is 1. The van der Waals surface area contributed by atoms with Gasteiger partial charge in [0.25, 0.3) is 0 Å². The smallest absolute Gasteiger partial charge is 0.336 e. The molecule has 2 bridgehead atoms. The topological polar surface area (TPSA) is 98.3 Å². The van der Waals surface area contributed by atoms with Gasteiger partial charge in [0.1, 0.15) is 11.5 Å². The van der Waals surface area contributed by atoms with E-state index in [1.807, 2.05) is 0 Å². The highest BCUT2D eigenvalue weighted by Gasteiger charge is 2.49. The number of hydrogen-bond acceptors (Lipinski definition) is 6. The summed E-state index contributed by atoms with van der Waals surface area (Å²) in [6.45, 7) is 0.395. The van der Waals surface area contributed by atoms with E-state index in [4.69, 9.17) is 32.5 Å². The van der Waals surface area contributed by atoms with Crippen LogP contribution >= 0.6 is 23.2 Å². The second-order valence-electron chi connectivity index (χ2n) is 11.5. The quantitative estimate of drug-likeness (QED) is 0.229. The molecule has 41 heavy (non-hydrogen) atoms. The monoisotopic (exact) mass is 587 g/mol. The van der Waals surface area contributed by atoms with Crippen molar-refractivity contribution < 1.29 is 19.2 Å². The molecule has 9 heteroatoms. The van der Waals surface area contributed by atoms with Crippen molar-refractivity contribution in [1.82, 2.24) is 15.1 Å². The van der Waals surface area contributed by atoms with Crippen molar-refractivity contribution in [3.63, 3.8) is 0 Å². The number of pyridine rings is 2. The lowest BCUT2D eigenvalue weighted by atomic mass is 9.59. The third kappa shape index (κ3) is 4.78. The van der Waals surface area contributed by atoms with Gasteiger partial charge in [0, 0.05) is 46.4 Å². The van der Waals surface area contributed by atoms with E-state index in [1.165, 1.54) is 0 Å². The number of aromatic nitrogens is 3. The zero-order chi connectivity index (χ0) is 28.2. The molecular weight excluding hydrogens is 561 g/mol. The number of hydrogen-bond donors (Lipinski definition) is 1. The molecule has 4 aliphatic carbocycles. The maximum atomic E-state index is 11.7. The molecule has 4 aromatic rings. The molecule has 0 spiro atoms. The van der Waals surface area contributed by atoms with Crippen molar-refractivity contribution in [2.45, 2.75) is 69.5 Å². The van der Waals surface area contributed by atoms with Gasteiger partial charge >= 0.3 is 5.97 Å². The van der Waals surface area contributed by atoms with Crippen LogP contribution in [0.4, 0.5) is 0 Å². The van der Waals surface area contributed by atoms with Gasteiger partial charge in [0.05, 0.1) is 38.9 Å². The average Bonchev–Trinajstić information content (AvgIpc) is 3.75. The molecule has 0 atom stereocenters. The molecule has 0 amide bonds. The van der Waals surface area contributed by atoms with Crippen molar-refractivity contribution >= 4 is 40.1 Å². The van der Waals surface area contributed by atoms with Crippen LogP contribution < -0.4 is 0 Å². The van der Waals surface area contributed by atoms with Gasteiger partial charge in [-0.2, -0.15) is 0 Å². The molecule has 0 unspecified atom stereocenters. The Kier molecular flexibility index (Phi) is 6.54. The largest absolute Gasteiger partial charge is 0.478 e. The number of nitrogens with zero attached hydrogens (tertiary/aromatic N) is 3. The molecule has 3 aromatic heterocycles. The molecule has 0 radical (unpaired) electrons. The second-order valence-corrected chi connectivity index (χ2v) is 12.3. The number of carbonyl (C=O) groups is 1. The lowest BCUT2D eigenvalue weighted by Gasteiger charge is -2.51. The molecule has 3 heterocycles. The fourth-order valence-corrected chi connectivity index (χ4v) is 6.95. The van der Waals surface area contributed by atoms with Gasteiger partial charge in [0.2, 0.25) is 0 Å². The van der Waals surface area contributed by atoms with Crippen LogP contribution in [0.1, 0.15) is 84.5 Å². The first-order chi connectivity index (χ1) is 19.9. The normalized spacial score (nSPS) is 23.4. The summed E-state index contributed by atoms with van der Waals surface area (Å²) in [5.74, 6) is 7.24. The first-order valence-corrected chi connectivity index (χ1v) is 14.7. The summed E-state index contributed by atoms with van der Waals surface area (Å²) < 4.78 is 12.6. The molecule has 4 fully saturated rings. The van der Waals surface area contributed by atoms with E-state index in [-0.39, 0.29) is 16.6 Å². The zero-order valence-electron chi connectivity index (χ0n) is 22.3. The Labute approximate surface area is 247 Å². The Balaban J connectivity index is 1.10. The van der Waals surface area contributed by atoms with Crippen molar-refractivity contribution in [1.29, 1.82) is 0 Å². The summed E-state index contributed by atoms with van der Waals surface area (Å²) in [5, 5.41) is 15.4. The van der Waals surface area contributed by atoms with E-state index < -0.39 is 5.97 Å². The van der Waals surface area contributed by atoms with Crippen LogP contribution in [0.2, 0.25) is 10.0 Å². The molecule has 4 aliphatic rings. The summed E-state index contributed by atoms with van der Waals surface area (Å²) in [6.07, 6.45) is 12.6. The van der Waals surface area contributed by atoms with E-state index in [0.717, 1.165) is 68.3 Å². The Morgan fingerprint density at radius 1 is 1.07 bits per heavy atom. The number of ether oxygens (including phenoxy) is 1. The van der Waals surface area contributed by atoms with Gasteiger partial charge in [-0.15, -0.1) is 0 Å². The van der Waals surface area contributed by atoms with Crippen molar-refractivity contribution in [3.05, 3.63) is 75.4 Å². The summed E-state index contributed by atoms with van der Waals surface area (Å²) in [7, 11) is 0. The van der Waals surface area contributed by atoms with Crippen molar-refractivity contribution in [2.24, 2.45) is 5.41 Å². The minimum Gasteiger partial charge on any atom is -0.478 e. The van der Waals surface area contributed by atoms with Gasteiger partial charge < -0.3 is 14.4 Å². The summed E-state index contributed by atoms with van der Waals surface area (Å²) >= 11 is 13.0. The SMILES string of the molecule is O=C(O)c1ccc(C#CC23CCC(OCc4c(-c5c(Cl)cncc5Cl)noc4C4CC4)(CC2)CC3)c2ncccc12. The maximum absolute atomic E-state index is 11.7. The Morgan fingerprint density at radius 3 is 2.49 bits per heavy atom. The lowest BCUT2D eigenvalue weighted by molar-refractivity contribution is -0.131.